The molecule has 0 saturated heterocycles. The van der Waals surface area contributed by atoms with Crippen LogP contribution in [0.15, 0.2) is 35.3 Å². The van der Waals surface area contributed by atoms with Crippen molar-refractivity contribution in [2.24, 2.45) is 0 Å². The van der Waals surface area contributed by atoms with E-state index in [4.69, 9.17) is 5.73 Å². The van der Waals surface area contributed by atoms with Crippen LogP contribution in [0.4, 0.5) is 5.69 Å². The number of H-pyrrole nitrogens is 1. The summed E-state index contributed by atoms with van der Waals surface area (Å²) in [6, 6.07) is 7.37. The first-order chi connectivity index (χ1) is 7.16. The van der Waals surface area contributed by atoms with E-state index in [1.165, 1.54) is 6.20 Å². The molecule has 0 atom stereocenters. The van der Waals surface area contributed by atoms with Crippen molar-refractivity contribution in [2.45, 2.75) is 6.92 Å². The Morgan fingerprint density at radius 2 is 1.93 bits per heavy atom. The summed E-state index contributed by atoms with van der Waals surface area (Å²) >= 11 is 0. The molecule has 0 amide bonds. The van der Waals surface area contributed by atoms with Crippen LogP contribution >= 0.6 is 0 Å². The summed E-state index contributed by atoms with van der Waals surface area (Å²) in [5, 5.41) is 0. The van der Waals surface area contributed by atoms with Crippen molar-refractivity contribution in [2.75, 3.05) is 5.73 Å². The third kappa shape index (κ3) is 1.88. The summed E-state index contributed by atoms with van der Waals surface area (Å²) in [5.41, 5.74) is 8.58. The quantitative estimate of drug-likeness (QED) is 0.683. The normalized spacial score (nSPS) is 10.2. The minimum atomic E-state index is -0.188. The molecule has 4 heteroatoms. The highest BCUT2D eigenvalue weighted by molar-refractivity contribution is 5.63. The van der Waals surface area contributed by atoms with Gasteiger partial charge < -0.3 is 10.7 Å². The van der Waals surface area contributed by atoms with Gasteiger partial charge in [0.2, 0.25) is 0 Å². The molecule has 4 nitrogen and oxygen atoms in total. The highest BCUT2D eigenvalue weighted by Crippen LogP contribution is 2.19. The number of hydrogen-bond acceptors (Lipinski definition) is 3. The van der Waals surface area contributed by atoms with Gasteiger partial charge in [-0.05, 0) is 19.1 Å². The fourth-order valence-electron chi connectivity index (χ4n) is 1.43. The molecule has 0 spiro atoms. The maximum atomic E-state index is 11.0. The van der Waals surface area contributed by atoms with Crippen LogP contribution in [0, 0.1) is 6.92 Å². The Kier molecular flexibility index (Phi) is 2.25. The molecular weight excluding hydrogens is 190 g/mol. The van der Waals surface area contributed by atoms with Crippen molar-refractivity contribution in [3.63, 3.8) is 0 Å². The van der Waals surface area contributed by atoms with Gasteiger partial charge in [0, 0.05) is 16.9 Å². The SMILES string of the molecule is Cc1[nH]c(=O)cnc1-c1ccc(N)cc1. The molecular formula is C11H11N3O. The molecule has 0 aliphatic rings. The third-order valence-corrected chi connectivity index (χ3v) is 2.16. The van der Waals surface area contributed by atoms with E-state index in [2.05, 4.69) is 9.97 Å². The van der Waals surface area contributed by atoms with Gasteiger partial charge in [-0.2, -0.15) is 0 Å². The number of aryl methyl sites for hydroxylation is 1. The largest absolute Gasteiger partial charge is 0.399 e. The second-order valence-corrected chi connectivity index (χ2v) is 3.34. The maximum absolute atomic E-state index is 11.0. The fraction of sp³-hybridized carbons (Fsp3) is 0.0909. The van der Waals surface area contributed by atoms with Crippen molar-refractivity contribution in [3.05, 3.63) is 46.5 Å². The van der Waals surface area contributed by atoms with Crippen molar-refractivity contribution in [1.82, 2.24) is 9.97 Å². The third-order valence-electron chi connectivity index (χ3n) is 2.16. The molecule has 1 aromatic carbocycles. The number of nitrogens with zero attached hydrogens (tertiary/aromatic N) is 1. The maximum Gasteiger partial charge on any atom is 0.266 e. The number of benzene rings is 1. The smallest absolute Gasteiger partial charge is 0.266 e. The predicted octanol–water partition coefficient (Wildman–Crippen LogP) is 1.33. The summed E-state index contributed by atoms with van der Waals surface area (Å²) in [6.45, 7) is 1.82. The molecule has 76 valence electrons. The number of nitrogen functional groups attached to an aromatic ring is 1. The highest BCUT2D eigenvalue weighted by atomic mass is 16.1. The van der Waals surface area contributed by atoms with Crippen LogP contribution < -0.4 is 11.3 Å². The van der Waals surface area contributed by atoms with E-state index in [0.29, 0.717) is 5.69 Å². The van der Waals surface area contributed by atoms with E-state index >= 15 is 0 Å². The molecule has 0 aliphatic heterocycles. The number of hydrogen-bond donors (Lipinski definition) is 2. The van der Waals surface area contributed by atoms with E-state index in [1.807, 2.05) is 31.2 Å². The monoisotopic (exact) mass is 201 g/mol. The lowest BCUT2D eigenvalue weighted by atomic mass is 10.1. The molecule has 15 heavy (non-hydrogen) atoms. The summed E-state index contributed by atoms with van der Waals surface area (Å²) in [4.78, 5) is 17.8. The van der Waals surface area contributed by atoms with Crippen LogP contribution in [0.1, 0.15) is 5.69 Å². The average molecular weight is 201 g/mol. The molecule has 0 bridgehead atoms. The molecule has 0 unspecified atom stereocenters. The standard InChI is InChI=1S/C11H11N3O/c1-7-11(13-6-10(15)14-7)8-2-4-9(12)5-3-8/h2-6H,12H2,1H3,(H,14,15). The van der Waals surface area contributed by atoms with E-state index in [9.17, 15) is 4.79 Å². The van der Waals surface area contributed by atoms with E-state index in [-0.39, 0.29) is 5.56 Å². The van der Waals surface area contributed by atoms with Crippen LogP contribution in [-0.4, -0.2) is 9.97 Å². The van der Waals surface area contributed by atoms with Gasteiger partial charge in [0.25, 0.3) is 5.56 Å². The zero-order valence-electron chi connectivity index (χ0n) is 8.32. The second-order valence-electron chi connectivity index (χ2n) is 3.34. The Hall–Kier alpha value is -2.10. The van der Waals surface area contributed by atoms with Gasteiger partial charge >= 0.3 is 0 Å². The van der Waals surface area contributed by atoms with Crippen LogP contribution in [0.25, 0.3) is 11.3 Å². The van der Waals surface area contributed by atoms with Gasteiger partial charge in [-0.25, -0.2) is 4.98 Å². The van der Waals surface area contributed by atoms with Crippen LogP contribution in [0.3, 0.4) is 0 Å². The van der Waals surface area contributed by atoms with Crippen molar-refractivity contribution in [3.8, 4) is 11.3 Å². The molecule has 2 aromatic rings. The van der Waals surface area contributed by atoms with E-state index in [1.54, 1.807) is 0 Å². The summed E-state index contributed by atoms with van der Waals surface area (Å²) in [5.74, 6) is 0. The Morgan fingerprint density at radius 3 is 2.53 bits per heavy atom. The first kappa shape index (κ1) is 9.45. The molecule has 1 heterocycles. The minimum absolute atomic E-state index is 0.188. The van der Waals surface area contributed by atoms with Gasteiger partial charge in [0.1, 0.15) is 0 Å². The lowest BCUT2D eigenvalue weighted by Gasteiger charge is -2.03. The number of nitrogens with two attached hydrogens (primary N) is 1. The van der Waals surface area contributed by atoms with Gasteiger partial charge in [-0.1, -0.05) is 12.1 Å². The van der Waals surface area contributed by atoms with Crippen molar-refractivity contribution in [1.29, 1.82) is 0 Å². The number of anilines is 1. The zero-order chi connectivity index (χ0) is 10.8. The number of aromatic nitrogens is 2. The predicted molar refractivity (Wildman–Crippen MR) is 59.4 cm³/mol. The van der Waals surface area contributed by atoms with Gasteiger partial charge in [-0.3, -0.25) is 4.79 Å². The molecule has 0 saturated carbocycles. The number of nitrogens with one attached hydrogen (secondary N) is 1. The van der Waals surface area contributed by atoms with Crippen LogP contribution in [-0.2, 0) is 0 Å². The van der Waals surface area contributed by atoms with Gasteiger partial charge in [0.05, 0.1) is 11.9 Å². The zero-order valence-corrected chi connectivity index (χ0v) is 8.32. The summed E-state index contributed by atoms with van der Waals surface area (Å²) in [7, 11) is 0. The van der Waals surface area contributed by atoms with Crippen molar-refractivity contribution < 1.29 is 0 Å². The first-order valence-electron chi connectivity index (χ1n) is 4.58. The number of aromatic amines is 1. The van der Waals surface area contributed by atoms with Gasteiger partial charge in [0.15, 0.2) is 0 Å². The van der Waals surface area contributed by atoms with E-state index < -0.39 is 0 Å². The second kappa shape index (κ2) is 3.57. The fourth-order valence-corrected chi connectivity index (χ4v) is 1.43. The molecule has 3 N–H and O–H groups in total. The van der Waals surface area contributed by atoms with Crippen LogP contribution in [0.2, 0.25) is 0 Å². The lowest BCUT2D eigenvalue weighted by molar-refractivity contribution is 1.07. The average Bonchev–Trinajstić information content (AvgIpc) is 2.20. The minimum Gasteiger partial charge on any atom is -0.399 e. The lowest BCUT2D eigenvalue weighted by Crippen LogP contribution is -2.08. The molecule has 0 fully saturated rings. The molecule has 2 rings (SSSR count). The highest BCUT2D eigenvalue weighted by Gasteiger charge is 2.03. The van der Waals surface area contributed by atoms with Gasteiger partial charge in [-0.15, -0.1) is 0 Å². The molecule has 1 aromatic heterocycles. The first-order valence-corrected chi connectivity index (χ1v) is 4.58. The topological polar surface area (TPSA) is 71.8 Å². The molecule has 0 aliphatic carbocycles. The van der Waals surface area contributed by atoms with E-state index in [0.717, 1.165) is 17.0 Å². The van der Waals surface area contributed by atoms with Crippen LogP contribution in [0.5, 0.6) is 0 Å². The van der Waals surface area contributed by atoms with Crippen molar-refractivity contribution >= 4 is 5.69 Å². The number of rotatable bonds is 1. The Balaban J connectivity index is 2.54. The Labute approximate surface area is 86.8 Å². The Morgan fingerprint density at radius 1 is 1.27 bits per heavy atom. The Bertz CT molecular complexity index is 528. The summed E-state index contributed by atoms with van der Waals surface area (Å²) in [6.07, 6.45) is 1.28. The molecule has 0 radical (unpaired) electrons. The summed E-state index contributed by atoms with van der Waals surface area (Å²) < 4.78 is 0.